The maximum absolute atomic E-state index is 12.7. The zero-order valence-electron chi connectivity index (χ0n) is 14.8. The van der Waals surface area contributed by atoms with Crippen LogP contribution in [-0.4, -0.2) is 44.9 Å². The van der Waals surface area contributed by atoms with Crippen LogP contribution in [0.1, 0.15) is 23.6 Å². The van der Waals surface area contributed by atoms with E-state index in [1.54, 1.807) is 36.4 Å². The molecule has 2 N–H and O–H groups in total. The van der Waals surface area contributed by atoms with Crippen molar-refractivity contribution in [2.75, 3.05) is 13.2 Å². The lowest BCUT2D eigenvalue weighted by molar-refractivity contribution is -0.384. The summed E-state index contributed by atoms with van der Waals surface area (Å²) in [5, 5.41) is 31.0. The number of carbonyl (C=O) groups is 2. The minimum atomic E-state index is -0.980. The lowest BCUT2D eigenvalue weighted by Crippen LogP contribution is -2.31. The summed E-state index contributed by atoms with van der Waals surface area (Å²) >= 11 is 0. The Labute approximate surface area is 160 Å². The van der Waals surface area contributed by atoms with E-state index in [-0.39, 0.29) is 36.6 Å². The number of rotatable bonds is 6. The van der Waals surface area contributed by atoms with Crippen molar-refractivity contribution in [2.45, 2.75) is 12.5 Å². The first kappa shape index (κ1) is 19.2. The maximum atomic E-state index is 12.7. The average Bonchev–Trinajstić information content (AvgIpc) is 2.97. The summed E-state index contributed by atoms with van der Waals surface area (Å²) in [5.74, 6) is -2.03. The number of hydrogen-bond acceptors (Lipinski definition) is 6. The number of aliphatic hydroxyl groups excluding tert-OH is 2. The van der Waals surface area contributed by atoms with Gasteiger partial charge in [-0.3, -0.25) is 19.7 Å². The van der Waals surface area contributed by atoms with Gasteiger partial charge in [0.25, 0.3) is 17.4 Å². The lowest BCUT2D eigenvalue weighted by Gasteiger charge is -2.25. The van der Waals surface area contributed by atoms with Crippen LogP contribution >= 0.6 is 0 Å². The van der Waals surface area contributed by atoms with Crippen molar-refractivity contribution in [2.24, 2.45) is 0 Å². The molecule has 1 fully saturated rings. The van der Waals surface area contributed by atoms with Gasteiger partial charge in [-0.1, -0.05) is 42.5 Å². The second-order valence-corrected chi connectivity index (χ2v) is 6.29. The minimum Gasteiger partial charge on any atom is -0.507 e. The number of nitro benzene ring substituents is 1. The summed E-state index contributed by atoms with van der Waals surface area (Å²) in [6.07, 6.45) is 0.226. The van der Waals surface area contributed by atoms with E-state index in [1.165, 1.54) is 23.1 Å². The second-order valence-electron chi connectivity index (χ2n) is 6.29. The van der Waals surface area contributed by atoms with Crippen molar-refractivity contribution >= 4 is 23.1 Å². The van der Waals surface area contributed by atoms with E-state index in [9.17, 15) is 24.8 Å². The standard InChI is InChI=1S/C20H18N2O6/c23-11-5-10-21-17(14-8-4-9-15(12-14)22(27)28)16(19(25)20(21)26)18(24)13-6-2-1-3-7-13/h1-4,6-9,12,17,23-24H,5,10-11H2/b18-16+. The molecule has 1 heterocycles. The number of likely N-dealkylation sites (tertiary alicyclic amines) is 1. The fourth-order valence-corrected chi connectivity index (χ4v) is 3.26. The van der Waals surface area contributed by atoms with Crippen molar-refractivity contribution in [1.29, 1.82) is 0 Å². The van der Waals surface area contributed by atoms with Crippen LogP contribution in [0.15, 0.2) is 60.2 Å². The van der Waals surface area contributed by atoms with Crippen molar-refractivity contribution < 1.29 is 24.7 Å². The van der Waals surface area contributed by atoms with E-state index >= 15 is 0 Å². The van der Waals surface area contributed by atoms with E-state index in [4.69, 9.17) is 5.11 Å². The summed E-state index contributed by atoms with van der Waals surface area (Å²) < 4.78 is 0. The molecule has 0 spiro atoms. The average molecular weight is 382 g/mol. The molecule has 0 aromatic heterocycles. The van der Waals surface area contributed by atoms with Gasteiger partial charge >= 0.3 is 0 Å². The van der Waals surface area contributed by atoms with E-state index in [2.05, 4.69) is 0 Å². The molecule has 1 amide bonds. The molecule has 1 unspecified atom stereocenters. The third-order valence-corrected chi connectivity index (χ3v) is 4.54. The van der Waals surface area contributed by atoms with Gasteiger partial charge < -0.3 is 15.1 Å². The molecule has 2 aromatic carbocycles. The number of nitro groups is 1. The number of nitrogens with zero attached hydrogens (tertiary/aromatic N) is 2. The molecular formula is C20H18N2O6. The molecule has 0 radical (unpaired) electrons. The summed E-state index contributed by atoms with van der Waals surface area (Å²) in [5.41, 5.74) is 0.376. The van der Waals surface area contributed by atoms with Crippen LogP contribution in [0, 0.1) is 10.1 Å². The fraction of sp³-hybridized carbons (Fsp3) is 0.200. The second kappa shape index (κ2) is 8.01. The number of hydrogen-bond donors (Lipinski definition) is 2. The molecule has 2 aromatic rings. The van der Waals surface area contributed by atoms with Gasteiger partial charge in [0.05, 0.1) is 16.5 Å². The number of aliphatic hydroxyl groups is 2. The minimum absolute atomic E-state index is 0.0694. The first-order chi connectivity index (χ1) is 13.5. The Morgan fingerprint density at radius 1 is 1.11 bits per heavy atom. The van der Waals surface area contributed by atoms with Crippen LogP contribution < -0.4 is 0 Å². The van der Waals surface area contributed by atoms with Gasteiger partial charge in [-0.15, -0.1) is 0 Å². The number of benzene rings is 2. The molecule has 8 nitrogen and oxygen atoms in total. The molecule has 1 aliphatic heterocycles. The monoisotopic (exact) mass is 382 g/mol. The van der Waals surface area contributed by atoms with Gasteiger partial charge in [0.1, 0.15) is 5.76 Å². The predicted octanol–water partition coefficient (Wildman–Crippen LogP) is 2.40. The first-order valence-corrected chi connectivity index (χ1v) is 8.64. The van der Waals surface area contributed by atoms with E-state index in [0.29, 0.717) is 11.1 Å². The molecule has 3 rings (SSSR count). The highest BCUT2D eigenvalue weighted by molar-refractivity contribution is 6.46. The van der Waals surface area contributed by atoms with Gasteiger partial charge in [-0.25, -0.2) is 0 Å². The molecule has 8 heteroatoms. The van der Waals surface area contributed by atoms with Gasteiger partial charge in [0.2, 0.25) is 0 Å². The van der Waals surface area contributed by atoms with E-state index < -0.39 is 22.7 Å². The number of Topliss-reactive ketones (excluding diaryl/α,β-unsaturated/α-hetero) is 1. The fourth-order valence-electron chi connectivity index (χ4n) is 3.26. The van der Waals surface area contributed by atoms with Crippen LogP contribution in [-0.2, 0) is 9.59 Å². The van der Waals surface area contributed by atoms with Crippen molar-refractivity contribution in [3.8, 4) is 0 Å². The summed E-state index contributed by atoms with van der Waals surface area (Å²) in [6, 6.07) is 12.9. The molecule has 144 valence electrons. The van der Waals surface area contributed by atoms with Crippen molar-refractivity contribution in [1.82, 2.24) is 4.90 Å². The van der Waals surface area contributed by atoms with Gasteiger partial charge in [0.15, 0.2) is 0 Å². The Hall–Kier alpha value is -3.52. The third-order valence-electron chi connectivity index (χ3n) is 4.54. The number of ketones is 1. The topological polar surface area (TPSA) is 121 Å². The largest absolute Gasteiger partial charge is 0.507 e. The molecule has 0 saturated carbocycles. The Morgan fingerprint density at radius 3 is 2.46 bits per heavy atom. The third kappa shape index (κ3) is 3.49. The summed E-state index contributed by atoms with van der Waals surface area (Å²) in [4.78, 5) is 37.1. The zero-order valence-corrected chi connectivity index (χ0v) is 14.8. The van der Waals surface area contributed by atoms with Crippen molar-refractivity contribution in [3.05, 3.63) is 81.4 Å². The predicted molar refractivity (Wildman–Crippen MR) is 100 cm³/mol. The summed E-state index contributed by atoms with van der Waals surface area (Å²) in [7, 11) is 0. The first-order valence-electron chi connectivity index (χ1n) is 8.64. The molecule has 28 heavy (non-hydrogen) atoms. The van der Waals surface area contributed by atoms with Crippen LogP contribution in [0.25, 0.3) is 5.76 Å². The smallest absolute Gasteiger partial charge is 0.295 e. The van der Waals surface area contributed by atoms with Crippen LogP contribution in [0.2, 0.25) is 0 Å². The van der Waals surface area contributed by atoms with Crippen molar-refractivity contribution in [3.63, 3.8) is 0 Å². The lowest BCUT2D eigenvalue weighted by atomic mass is 9.95. The Balaban J connectivity index is 2.18. The molecular weight excluding hydrogens is 364 g/mol. The van der Waals surface area contributed by atoms with Gasteiger partial charge in [0, 0.05) is 30.8 Å². The van der Waals surface area contributed by atoms with Crippen LogP contribution in [0.3, 0.4) is 0 Å². The molecule has 1 saturated heterocycles. The molecule has 1 atom stereocenters. The quantitative estimate of drug-likeness (QED) is 0.260. The van der Waals surface area contributed by atoms with Gasteiger partial charge in [-0.2, -0.15) is 0 Å². The highest BCUT2D eigenvalue weighted by Gasteiger charge is 2.46. The Kier molecular flexibility index (Phi) is 5.51. The number of non-ortho nitro benzene ring substituents is 1. The molecule has 0 bridgehead atoms. The Bertz CT molecular complexity index is 954. The molecule has 1 aliphatic rings. The zero-order chi connectivity index (χ0) is 20.3. The number of amides is 1. The van der Waals surface area contributed by atoms with Crippen LogP contribution in [0.4, 0.5) is 5.69 Å². The maximum Gasteiger partial charge on any atom is 0.295 e. The highest BCUT2D eigenvalue weighted by atomic mass is 16.6. The van der Waals surface area contributed by atoms with E-state index in [0.717, 1.165) is 0 Å². The van der Waals surface area contributed by atoms with Gasteiger partial charge in [-0.05, 0) is 12.0 Å². The van der Waals surface area contributed by atoms with E-state index in [1.807, 2.05) is 0 Å². The summed E-state index contributed by atoms with van der Waals surface area (Å²) in [6.45, 7) is -0.122. The number of carbonyl (C=O) groups excluding carboxylic acids is 2. The van der Waals surface area contributed by atoms with Crippen LogP contribution in [0.5, 0.6) is 0 Å². The highest BCUT2D eigenvalue weighted by Crippen LogP contribution is 2.40. The SMILES string of the molecule is O=C1C(=O)N(CCCO)C(c2cccc([N+](=O)[O-])c2)/C1=C(\O)c1ccccc1. The normalized spacial score (nSPS) is 18.5. The Morgan fingerprint density at radius 2 is 1.82 bits per heavy atom. The molecule has 0 aliphatic carbocycles.